The van der Waals surface area contributed by atoms with E-state index in [9.17, 15) is 0 Å². The molecule has 1 aliphatic carbocycles. The molecule has 1 unspecified atom stereocenters. The van der Waals surface area contributed by atoms with Gasteiger partial charge in [0.15, 0.2) is 0 Å². The Labute approximate surface area is 87.8 Å². The van der Waals surface area contributed by atoms with E-state index in [1.54, 1.807) is 0 Å². The molecule has 0 aromatic rings. The Morgan fingerprint density at radius 3 is 2.50 bits per heavy atom. The summed E-state index contributed by atoms with van der Waals surface area (Å²) in [6, 6.07) is 0.867. The van der Waals surface area contributed by atoms with E-state index in [1.807, 2.05) is 0 Å². The van der Waals surface area contributed by atoms with Crippen molar-refractivity contribution in [1.82, 2.24) is 4.90 Å². The third kappa shape index (κ3) is 1.73. The molecule has 14 heavy (non-hydrogen) atoms. The maximum absolute atomic E-state index is 4.07. The van der Waals surface area contributed by atoms with Crippen molar-refractivity contribution in [1.29, 1.82) is 0 Å². The summed E-state index contributed by atoms with van der Waals surface area (Å²) < 4.78 is 1.16. The van der Waals surface area contributed by atoms with Gasteiger partial charge in [-0.15, -0.1) is 0 Å². The van der Waals surface area contributed by atoms with E-state index in [0.29, 0.717) is 0 Å². The Bertz CT molecular complexity index is 208. The Morgan fingerprint density at radius 2 is 2.00 bits per heavy atom. The van der Waals surface area contributed by atoms with Gasteiger partial charge < -0.3 is 0 Å². The molecular formula is C12H23N2+. The van der Waals surface area contributed by atoms with Gasteiger partial charge in [-0.3, -0.25) is 9.38 Å². The van der Waals surface area contributed by atoms with E-state index in [-0.39, 0.29) is 0 Å². The normalized spacial score (nSPS) is 36.1. The third-order valence-electron chi connectivity index (χ3n) is 4.07. The van der Waals surface area contributed by atoms with Crippen LogP contribution in [0.5, 0.6) is 0 Å². The Morgan fingerprint density at radius 1 is 1.29 bits per heavy atom. The highest BCUT2D eigenvalue weighted by molar-refractivity contribution is 4.75. The molecule has 0 amide bonds. The van der Waals surface area contributed by atoms with Crippen molar-refractivity contribution < 1.29 is 4.48 Å². The summed E-state index contributed by atoms with van der Waals surface area (Å²) in [5.41, 5.74) is 0. The van der Waals surface area contributed by atoms with E-state index in [1.165, 1.54) is 51.9 Å². The maximum Gasteiger partial charge on any atom is 0.139 e. The van der Waals surface area contributed by atoms with Crippen LogP contribution in [0.25, 0.3) is 0 Å². The molecule has 0 aromatic heterocycles. The Balaban J connectivity index is 2.07. The number of rotatable bonds is 2. The molecule has 0 N–H and O–H groups in total. The fraction of sp³-hybridized carbons (Fsp3) is 0.833. The lowest BCUT2D eigenvalue weighted by Crippen LogP contribution is -2.50. The second kappa shape index (κ2) is 4.03. The van der Waals surface area contributed by atoms with Crippen LogP contribution < -0.4 is 0 Å². The molecule has 1 atom stereocenters. The van der Waals surface area contributed by atoms with E-state index < -0.39 is 0 Å². The van der Waals surface area contributed by atoms with Crippen molar-refractivity contribution in [3.05, 3.63) is 12.8 Å². The van der Waals surface area contributed by atoms with Crippen molar-refractivity contribution in [2.75, 3.05) is 26.8 Å². The van der Waals surface area contributed by atoms with Crippen LogP contribution in [0.4, 0.5) is 0 Å². The molecule has 0 aromatic carbocycles. The van der Waals surface area contributed by atoms with Crippen molar-refractivity contribution >= 4 is 0 Å². The van der Waals surface area contributed by atoms with Crippen LogP contribution in [-0.2, 0) is 0 Å². The standard InChI is InChI=1S/C12H23N2/c1-3-14(10-9-13(2)11-14)12-7-5-4-6-8-12/h3,12H,1,4-11H2,2H3/q+1. The van der Waals surface area contributed by atoms with Crippen molar-refractivity contribution in [3.8, 4) is 0 Å². The lowest BCUT2D eigenvalue weighted by Gasteiger charge is -2.39. The zero-order chi connectivity index (χ0) is 10.0. The minimum absolute atomic E-state index is 0.867. The number of hydrogen-bond donors (Lipinski definition) is 0. The van der Waals surface area contributed by atoms with Gasteiger partial charge in [0.05, 0.1) is 25.3 Å². The van der Waals surface area contributed by atoms with Crippen LogP contribution in [0.1, 0.15) is 32.1 Å². The first kappa shape index (κ1) is 10.2. The molecule has 1 heterocycles. The van der Waals surface area contributed by atoms with Gasteiger partial charge in [0.25, 0.3) is 0 Å². The first-order valence-corrected chi connectivity index (χ1v) is 5.95. The molecule has 0 spiro atoms. The highest BCUT2D eigenvalue weighted by Crippen LogP contribution is 2.31. The van der Waals surface area contributed by atoms with Gasteiger partial charge in [-0.1, -0.05) is 6.42 Å². The summed E-state index contributed by atoms with van der Waals surface area (Å²) in [4.78, 5) is 2.44. The van der Waals surface area contributed by atoms with Gasteiger partial charge in [0.1, 0.15) is 6.67 Å². The molecule has 2 nitrogen and oxygen atoms in total. The molecule has 2 fully saturated rings. The lowest BCUT2D eigenvalue weighted by atomic mass is 9.93. The van der Waals surface area contributed by atoms with E-state index in [0.717, 1.165) is 10.5 Å². The smallest absolute Gasteiger partial charge is 0.139 e. The molecular weight excluding hydrogens is 172 g/mol. The van der Waals surface area contributed by atoms with Gasteiger partial charge in [0.2, 0.25) is 0 Å². The lowest BCUT2D eigenvalue weighted by molar-refractivity contribution is -0.897. The molecule has 80 valence electrons. The largest absolute Gasteiger partial charge is 0.282 e. The summed E-state index contributed by atoms with van der Waals surface area (Å²) >= 11 is 0. The zero-order valence-corrected chi connectivity index (χ0v) is 9.41. The van der Waals surface area contributed by atoms with Gasteiger partial charge in [-0.25, -0.2) is 0 Å². The fourth-order valence-electron chi connectivity index (χ4n) is 3.14. The van der Waals surface area contributed by atoms with Crippen molar-refractivity contribution in [2.24, 2.45) is 0 Å². The van der Waals surface area contributed by atoms with E-state index in [2.05, 4.69) is 24.7 Å². The number of quaternary nitrogens is 1. The van der Waals surface area contributed by atoms with Crippen LogP contribution in [0.2, 0.25) is 0 Å². The minimum atomic E-state index is 0.867. The first-order valence-electron chi connectivity index (χ1n) is 5.95. The van der Waals surface area contributed by atoms with Crippen molar-refractivity contribution in [3.63, 3.8) is 0 Å². The second-order valence-corrected chi connectivity index (χ2v) is 5.02. The van der Waals surface area contributed by atoms with Crippen LogP contribution in [0.3, 0.4) is 0 Å². The summed E-state index contributed by atoms with van der Waals surface area (Å²) in [5, 5.41) is 0. The molecule has 1 saturated carbocycles. The molecule has 2 rings (SSSR count). The Kier molecular flexibility index (Phi) is 2.93. The second-order valence-electron chi connectivity index (χ2n) is 5.02. The average molecular weight is 195 g/mol. The predicted octanol–water partition coefficient (Wildman–Crippen LogP) is 2.18. The van der Waals surface area contributed by atoms with Crippen molar-refractivity contribution in [2.45, 2.75) is 38.1 Å². The zero-order valence-electron chi connectivity index (χ0n) is 9.41. The topological polar surface area (TPSA) is 3.24 Å². The van der Waals surface area contributed by atoms with Crippen LogP contribution in [0, 0.1) is 0 Å². The summed E-state index contributed by atoms with van der Waals surface area (Å²) in [6.45, 7) is 7.78. The molecule has 2 heteroatoms. The average Bonchev–Trinajstić information content (AvgIpc) is 2.63. The SMILES string of the molecule is C=C[N+]1(C2CCCCC2)CCN(C)C1. The number of hydrogen-bond acceptors (Lipinski definition) is 1. The summed E-state index contributed by atoms with van der Waals surface area (Å²) in [7, 11) is 2.23. The van der Waals surface area contributed by atoms with E-state index >= 15 is 0 Å². The highest BCUT2D eigenvalue weighted by atomic mass is 15.5. The highest BCUT2D eigenvalue weighted by Gasteiger charge is 2.40. The third-order valence-corrected chi connectivity index (χ3v) is 4.07. The molecule has 1 saturated heterocycles. The van der Waals surface area contributed by atoms with Gasteiger partial charge in [0, 0.05) is 0 Å². The molecule has 2 aliphatic rings. The molecule has 1 aliphatic heterocycles. The summed E-state index contributed by atoms with van der Waals surface area (Å²) in [5.74, 6) is 0. The van der Waals surface area contributed by atoms with Gasteiger partial charge in [-0.05, 0) is 39.3 Å². The van der Waals surface area contributed by atoms with Crippen LogP contribution in [-0.4, -0.2) is 42.2 Å². The quantitative estimate of drug-likeness (QED) is 0.610. The van der Waals surface area contributed by atoms with Gasteiger partial charge in [-0.2, -0.15) is 0 Å². The molecule has 0 radical (unpaired) electrons. The first-order chi connectivity index (χ1) is 6.77. The van der Waals surface area contributed by atoms with E-state index in [4.69, 9.17) is 0 Å². The maximum atomic E-state index is 4.07. The number of nitrogens with zero attached hydrogens (tertiary/aromatic N) is 2. The predicted molar refractivity (Wildman–Crippen MR) is 59.7 cm³/mol. The van der Waals surface area contributed by atoms with Crippen LogP contribution in [0.15, 0.2) is 12.8 Å². The van der Waals surface area contributed by atoms with Gasteiger partial charge >= 0.3 is 0 Å². The number of likely N-dealkylation sites (N-methyl/N-ethyl adjacent to an activating group) is 1. The Hall–Kier alpha value is -0.340. The fourth-order valence-corrected chi connectivity index (χ4v) is 3.14. The summed E-state index contributed by atoms with van der Waals surface area (Å²) in [6.07, 6.45) is 9.35. The monoisotopic (exact) mass is 195 g/mol. The minimum Gasteiger partial charge on any atom is -0.282 e. The molecule has 0 bridgehead atoms. The van der Waals surface area contributed by atoms with Crippen LogP contribution >= 0.6 is 0 Å².